The molecule has 1 saturated heterocycles. The van der Waals surface area contributed by atoms with Gasteiger partial charge < -0.3 is 5.73 Å². The fourth-order valence-electron chi connectivity index (χ4n) is 3.77. The zero-order chi connectivity index (χ0) is 13.5. The first-order valence-corrected chi connectivity index (χ1v) is 7.69. The van der Waals surface area contributed by atoms with E-state index in [1.807, 2.05) is 0 Å². The van der Waals surface area contributed by atoms with E-state index in [1.54, 1.807) is 0 Å². The lowest BCUT2D eigenvalue weighted by molar-refractivity contribution is -0.0896. The molecule has 3 rings (SSSR count). The molecule has 2 N–H and O–H groups in total. The summed E-state index contributed by atoms with van der Waals surface area (Å²) >= 11 is 0. The van der Waals surface area contributed by atoms with Crippen LogP contribution in [0.25, 0.3) is 0 Å². The molecule has 2 aliphatic carbocycles. The third kappa shape index (κ3) is 2.65. The van der Waals surface area contributed by atoms with Gasteiger partial charge in [0.1, 0.15) is 0 Å². The van der Waals surface area contributed by atoms with Crippen LogP contribution in [0, 0.1) is 0 Å². The van der Waals surface area contributed by atoms with Crippen LogP contribution in [0.4, 0.5) is 8.78 Å². The van der Waals surface area contributed by atoms with Gasteiger partial charge in [-0.05, 0) is 25.7 Å². The van der Waals surface area contributed by atoms with Gasteiger partial charge in [0.25, 0.3) is 5.92 Å². The highest BCUT2D eigenvalue weighted by Gasteiger charge is 2.47. The summed E-state index contributed by atoms with van der Waals surface area (Å²) in [6.45, 7) is 3.87. The van der Waals surface area contributed by atoms with Gasteiger partial charge in [0.05, 0.1) is 6.04 Å². The van der Waals surface area contributed by atoms with Crippen molar-refractivity contribution in [3.63, 3.8) is 0 Å². The van der Waals surface area contributed by atoms with Crippen LogP contribution in [0.5, 0.6) is 0 Å². The highest BCUT2D eigenvalue weighted by atomic mass is 19.3. The van der Waals surface area contributed by atoms with Crippen molar-refractivity contribution in [2.45, 2.75) is 62.6 Å². The lowest BCUT2D eigenvalue weighted by atomic mass is 9.86. The van der Waals surface area contributed by atoms with Crippen LogP contribution < -0.4 is 5.73 Å². The van der Waals surface area contributed by atoms with Gasteiger partial charge in [0, 0.05) is 44.7 Å². The summed E-state index contributed by atoms with van der Waals surface area (Å²) in [5.74, 6) is -2.67. The second-order valence-corrected chi connectivity index (χ2v) is 6.40. The minimum Gasteiger partial charge on any atom is -0.321 e. The van der Waals surface area contributed by atoms with Crippen LogP contribution in [-0.4, -0.2) is 60.0 Å². The monoisotopic (exact) mass is 273 g/mol. The van der Waals surface area contributed by atoms with E-state index in [1.165, 1.54) is 19.3 Å². The Bertz CT molecular complexity index is 312. The maximum Gasteiger partial charge on any atom is 0.264 e. The second kappa shape index (κ2) is 5.26. The second-order valence-electron chi connectivity index (χ2n) is 6.40. The van der Waals surface area contributed by atoms with E-state index in [2.05, 4.69) is 9.80 Å². The number of alkyl halides is 2. The molecule has 110 valence electrons. The minimum absolute atomic E-state index is 0.0350. The smallest absolute Gasteiger partial charge is 0.264 e. The number of piperazine rings is 1. The molecule has 0 aromatic heterocycles. The van der Waals surface area contributed by atoms with Crippen molar-refractivity contribution in [3.05, 3.63) is 0 Å². The van der Waals surface area contributed by atoms with Gasteiger partial charge in [-0.3, -0.25) is 9.80 Å². The lowest BCUT2D eigenvalue weighted by Gasteiger charge is -2.48. The number of nitrogens with zero attached hydrogens (tertiary/aromatic N) is 2. The zero-order valence-electron chi connectivity index (χ0n) is 11.5. The van der Waals surface area contributed by atoms with E-state index in [0.717, 1.165) is 38.6 Å². The molecule has 2 atom stereocenters. The largest absolute Gasteiger partial charge is 0.321 e. The lowest BCUT2D eigenvalue weighted by Crippen LogP contribution is -2.63. The molecular formula is C14H25F2N3. The number of halogens is 2. The van der Waals surface area contributed by atoms with Crippen LogP contribution in [0.1, 0.15) is 38.5 Å². The van der Waals surface area contributed by atoms with Crippen molar-refractivity contribution >= 4 is 0 Å². The molecular weight excluding hydrogens is 248 g/mol. The fraction of sp³-hybridized carbons (Fsp3) is 1.00. The van der Waals surface area contributed by atoms with E-state index in [0.29, 0.717) is 6.42 Å². The van der Waals surface area contributed by atoms with Gasteiger partial charge in [-0.25, -0.2) is 8.78 Å². The first kappa shape index (κ1) is 13.7. The van der Waals surface area contributed by atoms with E-state index >= 15 is 0 Å². The minimum atomic E-state index is -2.67. The van der Waals surface area contributed by atoms with Crippen molar-refractivity contribution in [2.75, 3.05) is 26.2 Å². The quantitative estimate of drug-likeness (QED) is 0.831. The van der Waals surface area contributed by atoms with Crippen LogP contribution in [0.3, 0.4) is 0 Å². The molecule has 0 bridgehead atoms. The van der Waals surface area contributed by atoms with Crippen molar-refractivity contribution in [1.29, 1.82) is 0 Å². The van der Waals surface area contributed by atoms with E-state index in [4.69, 9.17) is 5.73 Å². The molecule has 0 amide bonds. The Labute approximate surface area is 114 Å². The summed E-state index contributed by atoms with van der Waals surface area (Å²) in [7, 11) is 0. The van der Waals surface area contributed by atoms with Gasteiger partial charge in [-0.1, -0.05) is 6.42 Å². The summed E-state index contributed by atoms with van der Waals surface area (Å²) in [6, 6.07) is -0.326. The Morgan fingerprint density at radius 2 is 1.53 bits per heavy atom. The molecule has 3 aliphatic rings. The predicted molar refractivity (Wildman–Crippen MR) is 71.3 cm³/mol. The first-order chi connectivity index (χ1) is 9.08. The SMILES string of the molecule is N[C@@H]1[C@@H](N2CCN(C3CCC3)CC2)CCCC1(F)F. The maximum absolute atomic E-state index is 13.7. The highest BCUT2D eigenvalue weighted by Crippen LogP contribution is 2.35. The molecule has 0 spiro atoms. The number of hydrogen-bond donors (Lipinski definition) is 1. The van der Waals surface area contributed by atoms with Crippen molar-refractivity contribution < 1.29 is 8.78 Å². The van der Waals surface area contributed by atoms with Crippen LogP contribution in [0.15, 0.2) is 0 Å². The normalized spacial score (nSPS) is 38.1. The van der Waals surface area contributed by atoms with Crippen molar-refractivity contribution in [1.82, 2.24) is 9.80 Å². The third-order valence-corrected chi connectivity index (χ3v) is 5.32. The Balaban J connectivity index is 1.55. The molecule has 0 unspecified atom stereocenters. The Morgan fingerprint density at radius 3 is 2.11 bits per heavy atom. The average molecular weight is 273 g/mol. The summed E-state index contributed by atoms with van der Waals surface area (Å²) in [5.41, 5.74) is 5.81. The predicted octanol–water partition coefficient (Wildman–Crippen LogP) is 1.67. The summed E-state index contributed by atoms with van der Waals surface area (Å²) < 4.78 is 27.4. The van der Waals surface area contributed by atoms with Crippen LogP contribution in [0.2, 0.25) is 0 Å². The third-order valence-electron chi connectivity index (χ3n) is 5.32. The number of nitrogens with two attached hydrogens (primary N) is 1. The van der Waals surface area contributed by atoms with Gasteiger partial charge in [0.2, 0.25) is 0 Å². The average Bonchev–Trinajstić information content (AvgIpc) is 2.32. The summed E-state index contributed by atoms with van der Waals surface area (Å²) in [6.07, 6.45) is 5.40. The molecule has 1 aliphatic heterocycles. The Hall–Kier alpha value is -0.260. The molecule has 0 radical (unpaired) electrons. The Kier molecular flexibility index (Phi) is 3.80. The van der Waals surface area contributed by atoms with Gasteiger partial charge >= 0.3 is 0 Å². The molecule has 19 heavy (non-hydrogen) atoms. The highest BCUT2D eigenvalue weighted by molar-refractivity contribution is 4.97. The van der Waals surface area contributed by atoms with Crippen molar-refractivity contribution in [2.24, 2.45) is 5.73 Å². The molecule has 1 heterocycles. The Morgan fingerprint density at radius 1 is 0.895 bits per heavy atom. The topological polar surface area (TPSA) is 32.5 Å². The molecule has 0 aromatic carbocycles. The van der Waals surface area contributed by atoms with E-state index in [-0.39, 0.29) is 12.5 Å². The standard InChI is InChI=1S/C14H25F2N3/c15-14(16)6-2-5-12(13(14)17)19-9-7-18(8-10-19)11-3-1-4-11/h11-13H,1-10,17H2/t12-,13+/m0/s1. The molecule has 5 heteroatoms. The van der Waals surface area contributed by atoms with E-state index < -0.39 is 12.0 Å². The zero-order valence-corrected chi connectivity index (χ0v) is 11.5. The van der Waals surface area contributed by atoms with Crippen LogP contribution >= 0.6 is 0 Å². The maximum atomic E-state index is 13.7. The fourth-order valence-corrected chi connectivity index (χ4v) is 3.77. The molecule has 2 saturated carbocycles. The molecule has 0 aromatic rings. The first-order valence-electron chi connectivity index (χ1n) is 7.69. The van der Waals surface area contributed by atoms with Gasteiger partial charge in [-0.15, -0.1) is 0 Å². The van der Waals surface area contributed by atoms with E-state index in [9.17, 15) is 8.78 Å². The molecule has 3 nitrogen and oxygen atoms in total. The number of hydrogen-bond acceptors (Lipinski definition) is 3. The summed E-state index contributed by atoms with van der Waals surface area (Å²) in [5, 5.41) is 0. The van der Waals surface area contributed by atoms with Crippen LogP contribution in [-0.2, 0) is 0 Å². The summed E-state index contributed by atoms with van der Waals surface area (Å²) in [4.78, 5) is 4.75. The van der Waals surface area contributed by atoms with Gasteiger partial charge in [-0.2, -0.15) is 0 Å². The van der Waals surface area contributed by atoms with Crippen molar-refractivity contribution in [3.8, 4) is 0 Å². The van der Waals surface area contributed by atoms with Gasteiger partial charge in [0.15, 0.2) is 0 Å². The molecule has 3 fully saturated rings. The number of rotatable bonds is 2.